The number of thiazole rings is 1. The van der Waals surface area contributed by atoms with Crippen molar-refractivity contribution in [2.24, 2.45) is 4.99 Å². The van der Waals surface area contributed by atoms with Crippen LogP contribution in [0.25, 0.3) is 10.2 Å². The van der Waals surface area contributed by atoms with Crippen molar-refractivity contribution >= 4 is 37.5 Å². The molecule has 0 spiro atoms. The van der Waals surface area contributed by atoms with E-state index in [2.05, 4.69) is 11.9 Å². The molecule has 1 saturated heterocycles. The van der Waals surface area contributed by atoms with Gasteiger partial charge in [-0.1, -0.05) is 18.3 Å². The first-order valence-corrected chi connectivity index (χ1v) is 12.9. The van der Waals surface area contributed by atoms with E-state index in [-0.39, 0.29) is 11.7 Å². The first kappa shape index (κ1) is 21.2. The van der Waals surface area contributed by atoms with E-state index in [9.17, 15) is 13.2 Å². The zero-order chi connectivity index (χ0) is 22.3. The van der Waals surface area contributed by atoms with Crippen molar-refractivity contribution in [3.05, 3.63) is 46.8 Å². The van der Waals surface area contributed by atoms with Crippen molar-refractivity contribution in [2.45, 2.75) is 37.6 Å². The molecule has 0 bridgehead atoms. The average molecular weight is 474 g/mol. The highest BCUT2D eigenvalue weighted by atomic mass is 32.2. The number of rotatable bonds is 5. The Morgan fingerprint density at radius 2 is 1.78 bits per heavy atom. The van der Waals surface area contributed by atoms with Gasteiger partial charge in [-0.05, 0) is 43.5 Å². The van der Waals surface area contributed by atoms with Gasteiger partial charge in [0.15, 0.2) is 16.3 Å². The molecule has 5 rings (SSSR count). The largest absolute Gasteiger partial charge is 0.454 e. The van der Waals surface area contributed by atoms with Crippen molar-refractivity contribution in [2.75, 3.05) is 19.9 Å². The molecule has 2 aromatic carbocycles. The number of ether oxygens (including phenoxy) is 2. The maximum absolute atomic E-state index is 12.9. The van der Waals surface area contributed by atoms with E-state index in [4.69, 9.17) is 9.47 Å². The molecule has 0 aliphatic carbocycles. The summed E-state index contributed by atoms with van der Waals surface area (Å²) in [5.41, 5.74) is 1.29. The summed E-state index contributed by atoms with van der Waals surface area (Å²) in [5, 5.41) is 0. The summed E-state index contributed by atoms with van der Waals surface area (Å²) in [6.45, 7) is 4.06. The summed E-state index contributed by atoms with van der Waals surface area (Å²) in [5.74, 6) is 0.967. The Morgan fingerprint density at radius 3 is 2.47 bits per heavy atom. The van der Waals surface area contributed by atoms with Gasteiger partial charge in [-0.15, -0.1) is 0 Å². The summed E-state index contributed by atoms with van der Waals surface area (Å²) in [7, 11) is -3.51. The molecule has 168 valence electrons. The van der Waals surface area contributed by atoms with Crippen LogP contribution >= 0.6 is 11.3 Å². The van der Waals surface area contributed by atoms with Gasteiger partial charge >= 0.3 is 0 Å². The van der Waals surface area contributed by atoms with Crippen LogP contribution in [0.4, 0.5) is 0 Å². The van der Waals surface area contributed by atoms with Gasteiger partial charge in [0, 0.05) is 37.3 Å². The second-order valence-electron chi connectivity index (χ2n) is 7.76. The Hall–Kier alpha value is -2.69. The first-order chi connectivity index (χ1) is 15.5. The van der Waals surface area contributed by atoms with Gasteiger partial charge in [-0.25, -0.2) is 8.42 Å². The third kappa shape index (κ3) is 3.72. The van der Waals surface area contributed by atoms with E-state index >= 15 is 0 Å². The second-order valence-corrected chi connectivity index (χ2v) is 10.7. The van der Waals surface area contributed by atoms with Crippen LogP contribution in [0.3, 0.4) is 0 Å². The Bertz CT molecular complexity index is 1350. The molecule has 3 aromatic rings. The minimum Gasteiger partial charge on any atom is -0.454 e. The number of fused-ring (bicyclic) bond motifs is 2. The maximum Gasteiger partial charge on any atom is 0.279 e. The lowest BCUT2D eigenvalue weighted by atomic mass is 10.2. The molecular weight excluding hydrogens is 450 g/mol. The van der Waals surface area contributed by atoms with Gasteiger partial charge in [-0.2, -0.15) is 9.30 Å². The molecule has 0 radical (unpaired) electrons. The fraction of sp³-hybridized carbons (Fsp3) is 0.364. The Kier molecular flexibility index (Phi) is 5.52. The molecule has 3 heterocycles. The van der Waals surface area contributed by atoms with Crippen LogP contribution in [0.5, 0.6) is 11.5 Å². The van der Waals surface area contributed by atoms with Crippen molar-refractivity contribution in [1.82, 2.24) is 8.87 Å². The number of aryl methyl sites for hydroxylation is 1. The van der Waals surface area contributed by atoms with Crippen LogP contribution in [0.1, 0.15) is 36.5 Å². The van der Waals surface area contributed by atoms with E-state index in [0.29, 0.717) is 41.5 Å². The second kappa shape index (κ2) is 8.34. The van der Waals surface area contributed by atoms with Crippen LogP contribution in [0, 0.1) is 0 Å². The molecule has 1 fully saturated rings. The Labute approximate surface area is 189 Å². The van der Waals surface area contributed by atoms with Gasteiger partial charge in [0.05, 0.1) is 15.1 Å². The third-order valence-electron chi connectivity index (χ3n) is 5.63. The number of hydrogen-bond acceptors (Lipinski definition) is 6. The van der Waals surface area contributed by atoms with Crippen molar-refractivity contribution < 1.29 is 22.7 Å². The lowest BCUT2D eigenvalue weighted by Crippen LogP contribution is -2.27. The molecule has 10 heteroatoms. The highest BCUT2D eigenvalue weighted by Gasteiger charge is 2.27. The zero-order valence-corrected chi connectivity index (χ0v) is 19.2. The average Bonchev–Trinajstić information content (AvgIpc) is 3.54. The topological polar surface area (TPSA) is 90.2 Å². The zero-order valence-electron chi connectivity index (χ0n) is 17.6. The number of amides is 1. The molecule has 2 aliphatic rings. The van der Waals surface area contributed by atoms with E-state index in [1.807, 2.05) is 16.7 Å². The van der Waals surface area contributed by atoms with Crippen LogP contribution < -0.4 is 14.3 Å². The molecular formula is C22H23N3O5S2. The summed E-state index contributed by atoms with van der Waals surface area (Å²) in [6, 6.07) is 9.87. The van der Waals surface area contributed by atoms with Crippen LogP contribution in [0.2, 0.25) is 0 Å². The SMILES string of the molecule is CCCn1c(=NC(=O)c2ccc(S(=O)(=O)N3CCCC3)cc2)sc2cc3c(cc21)OCO3. The number of aromatic nitrogens is 1. The summed E-state index contributed by atoms with van der Waals surface area (Å²) < 4.78 is 40.8. The fourth-order valence-corrected chi connectivity index (χ4v) is 6.56. The molecule has 0 saturated carbocycles. The minimum absolute atomic E-state index is 0.202. The highest BCUT2D eigenvalue weighted by Crippen LogP contribution is 2.37. The standard InChI is InChI=1S/C22H23N3O5S2/c1-2-9-25-17-12-18-19(30-14-29-18)13-20(17)31-22(25)23-21(26)15-5-7-16(8-6-15)32(27,28)24-10-3-4-11-24/h5-8,12-13H,2-4,9-11,14H2,1H3. The van der Waals surface area contributed by atoms with E-state index in [1.165, 1.54) is 39.9 Å². The number of carbonyl (C=O) groups excluding carboxylic acids is 1. The molecule has 32 heavy (non-hydrogen) atoms. The molecule has 0 unspecified atom stereocenters. The Morgan fingerprint density at radius 1 is 1.09 bits per heavy atom. The normalized spacial score (nSPS) is 16.8. The van der Waals surface area contributed by atoms with E-state index < -0.39 is 15.9 Å². The lowest BCUT2D eigenvalue weighted by Gasteiger charge is -2.15. The summed E-state index contributed by atoms with van der Waals surface area (Å²) in [6.07, 6.45) is 2.64. The van der Waals surface area contributed by atoms with Crippen molar-refractivity contribution in [3.63, 3.8) is 0 Å². The molecule has 1 amide bonds. The monoisotopic (exact) mass is 473 g/mol. The summed E-state index contributed by atoms with van der Waals surface area (Å²) >= 11 is 1.41. The molecule has 2 aliphatic heterocycles. The fourth-order valence-electron chi connectivity index (χ4n) is 3.98. The van der Waals surface area contributed by atoms with E-state index in [0.717, 1.165) is 29.5 Å². The van der Waals surface area contributed by atoms with Crippen LogP contribution in [0.15, 0.2) is 46.3 Å². The van der Waals surface area contributed by atoms with Gasteiger partial charge in [0.1, 0.15) is 0 Å². The number of benzene rings is 2. The molecule has 8 nitrogen and oxygen atoms in total. The lowest BCUT2D eigenvalue weighted by molar-refractivity contribution is 0.0997. The maximum atomic E-state index is 12.9. The van der Waals surface area contributed by atoms with Gasteiger partial charge in [0.25, 0.3) is 5.91 Å². The predicted octanol–water partition coefficient (Wildman–Crippen LogP) is 3.37. The smallest absolute Gasteiger partial charge is 0.279 e. The molecule has 0 N–H and O–H groups in total. The summed E-state index contributed by atoms with van der Waals surface area (Å²) in [4.78, 5) is 18.0. The number of nitrogens with zero attached hydrogens (tertiary/aromatic N) is 3. The minimum atomic E-state index is -3.51. The van der Waals surface area contributed by atoms with Crippen molar-refractivity contribution in [1.29, 1.82) is 0 Å². The number of sulfonamides is 1. The van der Waals surface area contributed by atoms with Gasteiger partial charge in [0.2, 0.25) is 16.8 Å². The predicted molar refractivity (Wildman–Crippen MR) is 121 cm³/mol. The number of carbonyl (C=O) groups is 1. The number of hydrogen-bond donors (Lipinski definition) is 0. The van der Waals surface area contributed by atoms with Gasteiger partial charge in [-0.3, -0.25) is 4.79 Å². The quantitative estimate of drug-likeness (QED) is 0.567. The molecule has 0 atom stereocenters. The van der Waals surface area contributed by atoms with E-state index in [1.54, 1.807) is 0 Å². The third-order valence-corrected chi connectivity index (χ3v) is 8.58. The van der Waals surface area contributed by atoms with Crippen LogP contribution in [-0.4, -0.2) is 43.1 Å². The Balaban J connectivity index is 1.48. The van der Waals surface area contributed by atoms with Gasteiger partial charge < -0.3 is 14.0 Å². The highest BCUT2D eigenvalue weighted by molar-refractivity contribution is 7.89. The van der Waals surface area contributed by atoms with Crippen molar-refractivity contribution in [3.8, 4) is 11.5 Å². The van der Waals surface area contributed by atoms with Crippen LogP contribution in [-0.2, 0) is 16.6 Å². The first-order valence-electron chi connectivity index (χ1n) is 10.6. The molecule has 1 aromatic heterocycles.